The van der Waals surface area contributed by atoms with Gasteiger partial charge in [-0.2, -0.15) is 0 Å². The molecule has 0 amide bonds. The van der Waals surface area contributed by atoms with Crippen LogP contribution in [0.3, 0.4) is 0 Å². The van der Waals surface area contributed by atoms with Crippen molar-refractivity contribution in [3.63, 3.8) is 0 Å². The van der Waals surface area contributed by atoms with Crippen molar-refractivity contribution in [3.05, 3.63) is 12.2 Å². The molecule has 0 aliphatic heterocycles. The molecule has 0 heterocycles. The third kappa shape index (κ3) is 8.42. The molecule has 0 rings (SSSR count). The highest BCUT2D eigenvalue weighted by Gasteiger charge is 2.48. The number of unbranched alkanes of at least 4 members (excludes halogenated alkanes) is 2. The number of hydrogen-bond acceptors (Lipinski definition) is 5. The largest absolute Gasteiger partial charge is 0.504 e. The standard InChI is InChI=1S/C18H36O5Si/c1-7-11-12-13-17(14-15-20-18(19)16(5)6)24(21-8-2,22-9-3)23-10-4/h17H,5,7-15H2,1-4,6H3. The van der Waals surface area contributed by atoms with Gasteiger partial charge in [-0.1, -0.05) is 32.8 Å². The molecular formula is C18H36O5Si. The Balaban J connectivity index is 5.04. The van der Waals surface area contributed by atoms with E-state index in [9.17, 15) is 4.79 Å². The van der Waals surface area contributed by atoms with E-state index in [2.05, 4.69) is 13.5 Å². The van der Waals surface area contributed by atoms with Crippen LogP contribution >= 0.6 is 0 Å². The van der Waals surface area contributed by atoms with Crippen molar-refractivity contribution in [2.45, 2.75) is 72.3 Å². The molecule has 0 aromatic rings. The Morgan fingerprint density at radius 3 is 1.92 bits per heavy atom. The maximum Gasteiger partial charge on any atom is 0.504 e. The predicted octanol–water partition coefficient (Wildman–Crippen LogP) is 4.49. The highest BCUT2D eigenvalue weighted by Crippen LogP contribution is 2.34. The van der Waals surface area contributed by atoms with Crippen LogP contribution in [0, 0.1) is 0 Å². The first kappa shape index (κ1) is 23.3. The van der Waals surface area contributed by atoms with Gasteiger partial charge in [0.2, 0.25) is 0 Å². The van der Waals surface area contributed by atoms with Crippen LogP contribution in [0.1, 0.15) is 66.7 Å². The summed E-state index contributed by atoms with van der Waals surface area (Å²) in [7, 11) is -2.79. The number of carbonyl (C=O) groups is 1. The molecule has 0 aromatic heterocycles. The van der Waals surface area contributed by atoms with Gasteiger partial charge in [-0.3, -0.25) is 0 Å². The Morgan fingerprint density at radius 2 is 1.50 bits per heavy atom. The molecule has 1 unspecified atom stereocenters. The first-order valence-electron chi connectivity index (χ1n) is 9.21. The molecule has 0 bridgehead atoms. The van der Waals surface area contributed by atoms with E-state index in [1.54, 1.807) is 6.92 Å². The molecule has 142 valence electrons. The molecule has 0 saturated heterocycles. The molecule has 0 spiro atoms. The van der Waals surface area contributed by atoms with Gasteiger partial charge in [0.25, 0.3) is 0 Å². The summed E-state index contributed by atoms with van der Waals surface area (Å²) < 4.78 is 23.4. The van der Waals surface area contributed by atoms with Crippen LogP contribution in [0.4, 0.5) is 0 Å². The summed E-state index contributed by atoms with van der Waals surface area (Å²) >= 11 is 0. The van der Waals surface area contributed by atoms with E-state index in [1.165, 1.54) is 0 Å². The lowest BCUT2D eigenvalue weighted by Crippen LogP contribution is -2.50. The maximum absolute atomic E-state index is 11.6. The highest BCUT2D eigenvalue weighted by atomic mass is 28.4. The first-order valence-corrected chi connectivity index (χ1v) is 11.0. The van der Waals surface area contributed by atoms with Crippen molar-refractivity contribution in [1.82, 2.24) is 0 Å². The predicted molar refractivity (Wildman–Crippen MR) is 98.9 cm³/mol. The van der Waals surface area contributed by atoms with E-state index in [0.717, 1.165) is 25.7 Å². The lowest BCUT2D eigenvalue weighted by Gasteiger charge is -2.35. The molecule has 0 fully saturated rings. The third-order valence-electron chi connectivity index (χ3n) is 3.74. The molecule has 0 aliphatic rings. The van der Waals surface area contributed by atoms with Gasteiger partial charge in [0.1, 0.15) is 0 Å². The molecule has 6 heteroatoms. The van der Waals surface area contributed by atoms with Crippen LogP contribution in [0.2, 0.25) is 5.54 Å². The SMILES string of the molecule is C=C(C)C(=O)OCCC(CCCCC)[Si](OCC)(OCC)OCC. The Morgan fingerprint density at radius 1 is 0.958 bits per heavy atom. The average Bonchev–Trinajstić information content (AvgIpc) is 2.53. The molecule has 0 aliphatic carbocycles. The normalized spacial score (nSPS) is 12.9. The molecule has 1 atom stereocenters. The van der Waals surface area contributed by atoms with Gasteiger partial charge in [0, 0.05) is 30.9 Å². The van der Waals surface area contributed by atoms with Crippen LogP contribution in [0.15, 0.2) is 12.2 Å². The van der Waals surface area contributed by atoms with Crippen molar-refractivity contribution in [2.24, 2.45) is 0 Å². The minimum atomic E-state index is -2.79. The second-order valence-electron chi connectivity index (χ2n) is 5.80. The van der Waals surface area contributed by atoms with Crippen LogP contribution in [0.25, 0.3) is 0 Å². The van der Waals surface area contributed by atoms with Gasteiger partial charge in [-0.15, -0.1) is 0 Å². The number of hydrogen-bond donors (Lipinski definition) is 0. The fraction of sp³-hybridized carbons (Fsp3) is 0.833. The summed E-state index contributed by atoms with van der Waals surface area (Å²) in [5.41, 5.74) is 0.558. The average molecular weight is 361 g/mol. The zero-order valence-corrected chi connectivity index (χ0v) is 17.2. The monoisotopic (exact) mass is 360 g/mol. The van der Waals surface area contributed by atoms with Crippen molar-refractivity contribution in [1.29, 1.82) is 0 Å². The minimum absolute atomic E-state index is 0.141. The summed E-state index contributed by atoms with van der Waals surface area (Å²) in [6.45, 7) is 15.3. The van der Waals surface area contributed by atoms with Gasteiger partial charge in [0.05, 0.1) is 6.61 Å². The smallest absolute Gasteiger partial charge is 0.462 e. The number of esters is 1. The summed E-state index contributed by atoms with van der Waals surface area (Å²) in [5.74, 6) is -0.348. The van der Waals surface area contributed by atoms with Crippen molar-refractivity contribution in [3.8, 4) is 0 Å². The van der Waals surface area contributed by atoms with E-state index in [0.29, 0.717) is 38.4 Å². The van der Waals surface area contributed by atoms with E-state index >= 15 is 0 Å². The molecule has 0 aromatic carbocycles. The number of ether oxygens (including phenoxy) is 1. The molecular weight excluding hydrogens is 324 g/mol. The molecule has 0 saturated carbocycles. The van der Waals surface area contributed by atoms with Crippen molar-refractivity contribution >= 4 is 14.8 Å². The fourth-order valence-electron chi connectivity index (χ4n) is 2.64. The van der Waals surface area contributed by atoms with Gasteiger partial charge in [-0.25, -0.2) is 4.79 Å². The zero-order valence-electron chi connectivity index (χ0n) is 16.2. The van der Waals surface area contributed by atoms with E-state index in [-0.39, 0.29) is 11.5 Å². The van der Waals surface area contributed by atoms with Gasteiger partial charge >= 0.3 is 14.8 Å². The summed E-state index contributed by atoms with van der Waals surface area (Å²) in [6.07, 6.45) is 5.07. The Hall–Kier alpha value is -0.693. The first-order chi connectivity index (χ1) is 11.5. The van der Waals surface area contributed by atoms with Gasteiger partial charge in [0.15, 0.2) is 0 Å². The van der Waals surface area contributed by atoms with Crippen LogP contribution in [-0.4, -0.2) is 41.2 Å². The summed E-state index contributed by atoms with van der Waals surface area (Å²) in [4.78, 5) is 11.6. The second-order valence-corrected chi connectivity index (χ2v) is 8.69. The molecule has 0 N–H and O–H groups in total. The van der Waals surface area contributed by atoms with E-state index < -0.39 is 8.80 Å². The quantitative estimate of drug-likeness (QED) is 0.186. The Labute approximate surface area is 149 Å². The topological polar surface area (TPSA) is 54.0 Å². The maximum atomic E-state index is 11.6. The third-order valence-corrected chi connectivity index (χ3v) is 7.39. The minimum Gasteiger partial charge on any atom is -0.462 e. The van der Waals surface area contributed by atoms with Gasteiger partial charge < -0.3 is 18.0 Å². The molecule has 24 heavy (non-hydrogen) atoms. The Kier molecular flexibility index (Phi) is 13.2. The number of rotatable bonds is 15. The van der Waals surface area contributed by atoms with Crippen molar-refractivity contribution in [2.75, 3.05) is 26.4 Å². The lowest BCUT2D eigenvalue weighted by atomic mass is 10.1. The molecule has 5 nitrogen and oxygen atoms in total. The van der Waals surface area contributed by atoms with Crippen LogP contribution in [-0.2, 0) is 22.8 Å². The summed E-state index contributed by atoms with van der Waals surface area (Å²) in [5, 5.41) is 0. The number of carbonyl (C=O) groups excluding carboxylic acids is 1. The van der Waals surface area contributed by atoms with Crippen molar-refractivity contribution < 1.29 is 22.8 Å². The summed E-state index contributed by atoms with van der Waals surface area (Å²) in [6, 6.07) is 0. The lowest BCUT2D eigenvalue weighted by molar-refractivity contribution is -0.139. The molecule has 0 radical (unpaired) electrons. The second kappa shape index (κ2) is 13.6. The van der Waals surface area contributed by atoms with Gasteiger partial charge in [-0.05, 0) is 40.5 Å². The van der Waals surface area contributed by atoms with E-state index in [1.807, 2.05) is 20.8 Å². The van der Waals surface area contributed by atoms with E-state index in [4.69, 9.17) is 18.0 Å². The Bertz CT molecular complexity index is 342. The zero-order chi connectivity index (χ0) is 18.4. The van der Waals surface area contributed by atoms with Crippen LogP contribution in [0.5, 0.6) is 0 Å². The van der Waals surface area contributed by atoms with Crippen LogP contribution < -0.4 is 0 Å². The highest BCUT2D eigenvalue weighted by molar-refractivity contribution is 6.62. The fourth-order valence-corrected chi connectivity index (χ4v) is 5.83.